The van der Waals surface area contributed by atoms with Gasteiger partial charge >= 0.3 is 6.09 Å². The van der Waals surface area contributed by atoms with Gasteiger partial charge in [-0.25, -0.2) is 9.18 Å². The minimum atomic E-state index is -0.920. The van der Waals surface area contributed by atoms with Crippen LogP contribution < -0.4 is 4.90 Å². The standard InChI is InChI=1S/C16H19FN4O2/c1-19(2)15-13-7-8-20(16(22)23)10-14(13)21(18-15)9-11-3-5-12(17)6-4-11/h3-6H,7-10H2,1-2H3,(H,22,23). The number of hydrogen-bond acceptors (Lipinski definition) is 3. The number of rotatable bonds is 3. The van der Waals surface area contributed by atoms with E-state index in [1.807, 2.05) is 23.7 Å². The largest absolute Gasteiger partial charge is 0.465 e. The summed E-state index contributed by atoms with van der Waals surface area (Å²) in [4.78, 5) is 14.6. The highest BCUT2D eigenvalue weighted by atomic mass is 19.1. The summed E-state index contributed by atoms with van der Waals surface area (Å²) in [5, 5.41) is 13.9. The Labute approximate surface area is 133 Å². The van der Waals surface area contributed by atoms with Crippen LogP contribution in [0.4, 0.5) is 15.0 Å². The van der Waals surface area contributed by atoms with E-state index in [0.717, 1.165) is 22.6 Å². The number of carbonyl (C=O) groups is 1. The van der Waals surface area contributed by atoms with Crippen LogP contribution in [0.1, 0.15) is 16.8 Å². The number of carboxylic acid groups (broad SMARTS) is 1. The summed E-state index contributed by atoms with van der Waals surface area (Å²) < 4.78 is 14.9. The van der Waals surface area contributed by atoms with Crippen molar-refractivity contribution in [2.75, 3.05) is 25.5 Å². The number of amides is 1. The molecule has 1 aliphatic rings. The lowest BCUT2D eigenvalue weighted by Gasteiger charge is -2.25. The maximum Gasteiger partial charge on any atom is 0.407 e. The predicted molar refractivity (Wildman–Crippen MR) is 84.2 cm³/mol. The molecule has 0 spiro atoms. The molecule has 1 aromatic carbocycles. The lowest BCUT2D eigenvalue weighted by atomic mass is 10.1. The van der Waals surface area contributed by atoms with Crippen molar-refractivity contribution in [2.24, 2.45) is 0 Å². The number of benzene rings is 1. The minimum absolute atomic E-state index is 0.276. The summed E-state index contributed by atoms with van der Waals surface area (Å²) in [7, 11) is 3.85. The molecule has 0 saturated carbocycles. The molecule has 2 aromatic rings. The fourth-order valence-corrected chi connectivity index (χ4v) is 2.88. The second kappa shape index (κ2) is 5.91. The summed E-state index contributed by atoms with van der Waals surface area (Å²) in [6.45, 7) is 1.29. The van der Waals surface area contributed by atoms with Crippen LogP contribution in [-0.4, -0.2) is 46.5 Å². The SMILES string of the molecule is CN(C)c1nn(Cc2ccc(F)cc2)c2c1CCN(C(=O)O)C2. The first-order valence-corrected chi connectivity index (χ1v) is 7.44. The number of aromatic nitrogens is 2. The molecule has 0 unspecified atom stereocenters. The highest BCUT2D eigenvalue weighted by Gasteiger charge is 2.27. The molecule has 1 amide bonds. The molecule has 2 heterocycles. The lowest BCUT2D eigenvalue weighted by Crippen LogP contribution is -2.35. The monoisotopic (exact) mass is 318 g/mol. The van der Waals surface area contributed by atoms with Crippen molar-refractivity contribution in [3.8, 4) is 0 Å². The zero-order chi connectivity index (χ0) is 16.6. The van der Waals surface area contributed by atoms with E-state index >= 15 is 0 Å². The van der Waals surface area contributed by atoms with Gasteiger partial charge in [-0.15, -0.1) is 0 Å². The molecular formula is C16H19FN4O2. The second-order valence-corrected chi connectivity index (χ2v) is 5.88. The van der Waals surface area contributed by atoms with Crippen molar-refractivity contribution in [3.05, 3.63) is 46.9 Å². The zero-order valence-electron chi connectivity index (χ0n) is 13.2. The van der Waals surface area contributed by atoms with Crippen molar-refractivity contribution in [1.82, 2.24) is 14.7 Å². The van der Waals surface area contributed by atoms with Crippen molar-refractivity contribution in [3.63, 3.8) is 0 Å². The summed E-state index contributed by atoms with van der Waals surface area (Å²) in [6.07, 6.45) is -0.268. The molecule has 1 N–H and O–H groups in total. The predicted octanol–water partition coefficient (Wildman–Crippen LogP) is 2.17. The molecule has 0 fully saturated rings. The molecule has 0 atom stereocenters. The van der Waals surface area contributed by atoms with E-state index in [1.54, 1.807) is 12.1 Å². The number of halogens is 1. The van der Waals surface area contributed by atoms with Gasteiger partial charge in [-0.2, -0.15) is 5.10 Å². The maximum atomic E-state index is 13.0. The molecule has 1 aromatic heterocycles. The third-order valence-electron chi connectivity index (χ3n) is 4.06. The number of fused-ring (bicyclic) bond motifs is 1. The molecule has 0 radical (unpaired) electrons. The minimum Gasteiger partial charge on any atom is -0.465 e. The Bertz CT molecular complexity index is 724. The number of hydrogen-bond donors (Lipinski definition) is 1. The van der Waals surface area contributed by atoms with Gasteiger partial charge in [0.05, 0.1) is 18.8 Å². The smallest absolute Gasteiger partial charge is 0.407 e. The lowest BCUT2D eigenvalue weighted by molar-refractivity contribution is 0.138. The first-order valence-electron chi connectivity index (χ1n) is 7.44. The van der Waals surface area contributed by atoms with Gasteiger partial charge in [0.25, 0.3) is 0 Å². The fourth-order valence-electron chi connectivity index (χ4n) is 2.88. The molecule has 23 heavy (non-hydrogen) atoms. The van der Waals surface area contributed by atoms with Crippen molar-refractivity contribution >= 4 is 11.9 Å². The van der Waals surface area contributed by atoms with Crippen LogP contribution in [0.3, 0.4) is 0 Å². The van der Waals surface area contributed by atoms with Gasteiger partial charge in [0.1, 0.15) is 5.82 Å². The average Bonchev–Trinajstić information content (AvgIpc) is 2.88. The first kappa shape index (κ1) is 15.3. The molecule has 1 aliphatic heterocycles. The summed E-state index contributed by atoms with van der Waals surface area (Å²) >= 11 is 0. The number of anilines is 1. The van der Waals surface area contributed by atoms with Gasteiger partial charge in [-0.1, -0.05) is 12.1 Å². The molecule has 122 valence electrons. The average molecular weight is 318 g/mol. The van der Waals surface area contributed by atoms with Gasteiger partial charge in [0.15, 0.2) is 5.82 Å². The van der Waals surface area contributed by atoms with E-state index in [2.05, 4.69) is 5.10 Å². The van der Waals surface area contributed by atoms with Gasteiger partial charge in [-0.3, -0.25) is 4.68 Å². The Balaban J connectivity index is 1.96. The molecule has 0 saturated heterocycles. The van der Waals surface area contributed by atoms with Crippen LogP contribution >= 0.6 is 0 Å². The van der Waals surface area contributed by atoms with E-state index in [-0.39, 0.29) is 5.82 Å². The number of nitrogens with zero attached hydrogens (tertiary/aromatic N) is 4. The van der Waals surface area contributed by atoms with E-state index in [1.165, 1.54) is 17.0 Å². The molecule has 0 aliphatic carbocycles. The molecule has 6 nitrogen and oxygen atoms in total. The summed E-state index contributed by atoms with van der Waals surface area (Å²) in [5.74, 6) is 0.592. The van der Waals surface area contributed by atoms with E-state index in [9.17, 15) is 14.3 Å². The topological polar surface area (TPSA) is 61.6 Å². The molecule has 7 heteroatoms. The van der Waals surface area contributed by atoms with E-state index < -0.39 is 6.09 Å². The highest BCUT2D eigenvalue weighted by molar-refractivity contribution is 5.66. The summed E-state index contributed by atoms with van der Waals surface area (Å²) in [6, 6.07) is 6.27. The van der Waals surface area contributed by atoms with Crippen molar-refractivity contribution < 1.29 is 14.3 Å². The van der Waals surface area contributed by atoms with Gasteiger partial charge in [0, 0.05) is 26.2 Å². The van der Waals surface area contributed by atoms with Crippen LogP contribution in [-0.2, 0) is 19.5 Å². The molecule has 3 rings (SSSR count). The van der Waals surface area contributed by atoms with Gasteiger partial charge in [-0.05, 0) is 24.1 Å². The van der Waals surface area contributed by atoms with Crippen molar-refractivity contribution in [2.45, 2.75) is 19.5 Å². The maximum absolute atomic E-state index is 13.0. The Kier molecular flexibility index (Phi) is 3.94. The first-order chi connectivity index (χ1) is 11.0. The van der Waals surface area contributed by atoms with E-state index in [0.29, 0.717) is 26.1 Å². The molecule has 0 bridgehead atoms. The Morgan fingerprint density at radius 1 is 1.35 bits per heavy atom. The van der Waals surface area contributed by atoms with Crippen LogP contribution in [0, 0.1) is 5.82 Å². The fraction of sp³-hybridized carbons (Fsp3) is 0.375. The second-order valence-electron chi connectivity index (χ2n) is 5.88. The third-order valence-corrected chi connectivity index (χ3v) is 4.06. The summed E-state index contributed by atoms with van der Waals surface area (Å²) in [5.41, 5.74) is 2.93. The highest BCUT2D eigenvalue weighted by Crippen LogP contribution is 2.28. The molecular weight excluding hydrogens is 299 g/mol. The van der Waals surface area contributed by atoms with Crippen LogP contribution in [0.25, 0.3) is 0 Å². The normalized spacial score (nSPS) is 13.8. The Morgan fingerprint density at radius 2 is 2.04 bits per heavy atom. The Morgan fingerprint density at radius 3 is 2.65 bits per heavy atom. The third kappa shape index (κ3) is 2.99. The van der Waals surface area contributed by atoms with Gasteiger partial charge in [0.2, 0.25) is 0 Å². The van der Waals surface area contributed by atoms with Crippen LogP contribution in [0.15, 0.2) is 24.3 Å². The van der Waals surface area contributed by atoms with Gasteiger partial charge < -0.3 is 14.9 Å². The quantitative estimate of drug-likeness (QED) is 0.942. The van der Waals surface area contributed by atoms with Crippen LogP contribution in [0.2, 0.25) is 0 Å². The van der Waals surface area contributed by atoms with E-state index in [4.69, 9.17) is 0 Å². The van der Waals surface area contributed by atoms with Crippen molar-refractivity contribution in [1.29, 1.82) is 0 Å². The Hall–Kier alpha value is -2.57. The van der Waals surface area contributed by atoms with Crippen LogP contribution in [0.5, 0.6) is 0 Å². The zero-order valence-corrected chi connectivity index (χ0v) is 13.2.